The number of fused-ring (bicyclic) bond motifs is 1. The van der Waals surface area contributed by atoms with Gasteiger partial charge >= 0.3 is 5.97 Å². The molecule has 3 heteroatoms. The van der Waals surface area contributed by atoms with Crippen LogP contribution in [0.1, 0.15) is 5.56 Å². The fraction of sp³-hybridized carbons (Fsp3) is 0.154. The molecule has 0 saturated heterocycles. The Morgan fingerprint density at radius 3 is 2.62 bits per heavy atom. The van der Waals surface area contributed by atoms with Gasteiger partial charge in [-0.1, -0.05) is 30.3 Å². The van der Waals surface area contributed by atoms with Gasteiger partial charge in [-0.25, -0.2) is 4.79 Å². The third-order valence-corrected chi connectivity index (χ3v) is 2.45. The van der Waals surface area contributed by atoms with Gasteiger partial charge in [0.1, 0.15) is 5.75 Å². The maximum Gasteiger partial charge on any atom is 0.341 e. The molecule has 2 aromatic carbocycles. The molecule has 2 aromatic rings. The molecule has 3 nitrogen and oxygen atoms in total. The fourth-order valence-electron chi connectivity index (χ4n) is 1.70. The molecule has 0 heterocycles. The Morgan fingerprint density at radius 1 is 1.19 bits per heavy atom. The highest BCUT2D eigenvalue weighted by atomic mass is 16.5. The zero-order valence-corrected chi connectivity index (χ0v) is 8.93. The van der Waals surface area contributed by atoms with Gasteiger partial charge in [0.2, 0.25) is 0 Å². The van der Waals surface area contributed by atoms with E-state index in [1.54, 1.807) is 6.07 Å². The molecular formula is C13H12O3. The van der Waals surface area contributed by atoms with Crippen LogP contribution in [0.4, 0.5) is 0 Å². The number of aryl methyl sites for hydroxylation is 1. The minimum absolute atomic E-state index is 0.312. The molecule has 0 bridgehead atoms. The molecule has 0 unspecified atom stereocenters. The Bertz CT molecular complexity index is 532. The van der Waals surface area contributed by atoms with E-state index >= 15 is 0 Å². The minimum atomic E-state index is -0.968. The summed E-state index contributed by atoms with van der Waals surface area (Å²) in [5, 5.41) is 10.6. The molecule has 2 rings (SSSR count). The van der Waals surface area contributed by atoms with Gasteiger partial charge in [0.15, 0.2) is 6.61 Å². The number of benzene rings is 2. The second-order valence-corrected chi connectivity index (χ2v) is 3.61. The van der Waals surface area contributed by atoms with Crippen molar-refractivity contribution in [1.29, 1.82) is 0 Å². The van der Waals surface area contributed by atoms with Crippen LogP contribution in [-0.2, 0) is 4.79 Å². The van der Waals surface area contributed by atoms with Crippen molar-refractivity contribution in [1.82, 2.24) is 0 Å². The van der Waals surface area contributed by atoms with Crippen molar-refractivity contribution in [2.45, 2.75) is 6.92 Å². The number of carboxylic acids is 1. The van der Waals surface area contributed by atoms with E-state index in [1.807, 2.05) is 37.3 Å². The summed E-state index contributed by atoms with van der Waals surface area (Å²) >= 11 is 0. The van der Waals surface area contributed by atoms with Gasteiger partial charge in [-0.3, -0.25) is 0 Å². The Kier molecular flexibility index (Phi) is 2.77. The Balaban J connectivity index is 2.45. The zero-order chi connectivity index (χ0) is 11.5. The maximum atomic E-state index is 10.5. The molecule has 0 aliphatic rings. The van der Waals surface area contributed by atoms with Gasteiger partial charge in [0.25, 0.3) is 0 Å². The van der Waals surface area contributed by atoms with E-state index in [4.69, 9.17) is 9.84 Å². The average molecular weight is 216 g/mol. The molecule has 0 aromatic heterocycles. The highest BCUT2D eigenvalue weighted by Gasteiger charge is 2.05. The van der Waals surface area contributed by atoms with Crippen molar-refractivity contribution in [2.75, 3.05) is 6.61 Å². The Morgan fingerprint density at radius 2 is 1.88 bits per heavy atom. The lowest BCUT2D eigenvalue weighted by Crippen LogP contribution is -2.09. The minimum Gasteiger partial charge on any atom is -0.481 e. The smallest absolute Gasteiger partial charge is 0.341 e. The van der Waals surface area contributed by atoms with Gasteiger partial charge in [0, 0.05) is 5.39 Å². The topological polar surface area (TPSA) is 46.5 Å². The maximum absolute atomic E-state index is 10.5. The standard InChI is InChI=1S/C13H12O3/c1-9-4-2-6-11-10(9)5-3-7-12(11)16-8-13(14)15/h2-7H,8H2,1H3,(H,14,15). The van der Waals surface area contributed by atoms with Crippen LogP contribution in [0, 0.1) is 6.92 Å². The van der Waals surface area contributed by atoms with Crippen LogP contribution in [0.5, 0.6) is 5.75 Å². The molecule has 0 atom stereocenters. The van der Waals surface area contributed by atoms with Crippen LogP contribution < -0.4 is 4.74 Å². The summed E-state index contributed by atoms with van der Waals surface area (Å²) in [5.74, 6) is -0.353. The van der Waals surface area contributed by atoms with E-state index in [9.17, 15) is 4.79 Å². The quantitative estimate of drug-likeness (QED) is 0.857. The van der Waals surface area contributed by atoms with Crippen LogP contribution >= 0.6 is 0 Å². The second kappa shape index (κ2) is 4.23. The van der Waals surface area contributed by atoms with Gasteiger partial charge in [-0.05, 0) is 23.9 Å². The predicted molar refractivity (Wildman–Crippen MR) is 61.8 cm³/mol. The number of carbonyl (C=O) groups is 1. The number of hydrogen-bond donors (Lipinski definition) is 1. The Labute approximate surface area is 93.3 Å². The van der Waals surface area contributed by atoms with Crippen LogP contribution in [0.3, 0.4) is 0 Å². The van der Waals surface area contributed by atoms with Gasteiger partial charge in [-0.2, -0.15) is 0 Å². The molecule has 1 N–H and O–H groups in total. The number of carboxylic acid groups (broad SMARTS) is 1. The van der Waals surface area contributed by atoms with E-state index in [0.29, 0.717) is 5.75 Å². The summed E-state index contributed by atoms with van der Waals surface area (Å²) in [6.07, 6.45) is 0. The number of ether oxygens (including phenoxy) is 1. The molecule has 0 aliphatic heterocycles. The normalized spacial score (nSPS) is 10.3. The summed E-state index contributed by atoms with van der Waals surface area (Å²) in [6.45, 7) is 1.70. The molecule has 0 radical (unpaired) electrons. The lowest BCUT2D eigenvalue weighted by atomic mass is 10.1. The summed E-state index contributed by atoms with van der Waals surface area (Å²) in [5.41, 5.74) is 1.15. The van der Waals surface area contributed by atoms with Crippen LogP contribution in [0.15, 0.2) is 36.4 Å². The highest BCUT2D eigenvalue weighted by Crippen LogP contribution is 2.27. The van der Waals surface area contributed by atoms with E-state index < -0.39 is 5.97 Å². The van der Waals surface area contributed by atoms with Gasteiger partial charge in [0.05, 0.1) is 0 Å². The van der Waals surface area contributed by atoms with Crippen LogP contribution in [0.25, 0.3) is 10.8 Å². The molecule has 0 aliphatic carbocycles. The predicted octanol–water partition coefficient (Wildman–Crippen LogP) is 2.61. The van der Waals surface area contributed by atoms with Crippen LogP contribution in [-0.4, -0.2) is 17.7 Å². The lowest BCUT2D eigenvalue weighted by molar-refractivity contribution is -0.139. The average Bonchev–Trinajstić information content (AvgIpc) is 2.27. The first kappa shape index (κ1) is 10.5. The Hall–Kier alpha value is -2.03. The molecular weight excluding hydrogens is 204 g/mol. The third-order valence-electron chi connectivity index (χ3n) is 2.45. The molecule has 0 fully saturated rings. The van der Waals surface area contributed by atoms with Gasteiger partial charge in [-0.15, -0.1) is 0 Å². The van der Waals surface area contributed by atoms with Gasteiger partial charge < -0.3 is 9.84 Å². The van der Waals surface area contributed by atoms with Crippen molar-refractivity contribution in [2.24, 2.45) is 0 Å². The van der Waals surface area contributed by atoms with E-state index in [1.165, 1.54) is 0 Å². The van der Waals surface area contributed by atoms with Crippen molar-refractivity contribution < 1.29 is 14.6 Å². The molecule has 16 heavy (non-hydrogen) atoms. The molecule has 0 saturated carbocycles. The SMILES string of the molecule is Cc1cccc2c(OCC(=O)O)cccc12. The van der Waals surface area contributed by atoms with Crippen LogP contribution in [0.2, 0.25) is 0 Å². The first-order chi connectivity index (χ1) is 7.68. The first-order valence-electron chi connectivity index (χ1n) is 5.01. The summed E-state index contributed by atoms with van der Waals surface area (Å²) < 4.78 is 5.24. The van der Waals surface area contributed by atoms with E-state index in [2.05, 4.69) is 0 Å². The fourth-order valence-corrected chi connectivity index (χ4v) is 1.70. The number of hydrogen-bond acceptors (Lipinski definition) is 2. The largest absolute Gasteiger partial charge is 0.481 e. The van der Waals surface area contributed by atoms with E-state index in [-0.39, 0.29) is 6.61 Å². The highest BCUT2D eigenvalue weighted by molar-refractivity contribution is 5.90. The first-order valence-corrected chi connectivity index (χ1v) is 5.01. The summed E-state index contributed by atoms with van der Waals surface area (Å²) in [7, 11) is 0. The number of aliphatic carboxylic acids is 1. The molecule has 0 spiro atoms. The van der Waals surface area contributed by atoms with Crippen molar-refractivity contribution in [3.05, 3.63) is 42.0 Å². The zero-order valence-electron chi connectivity index (χ0n) is 8.93. The third kappa shape index (κ3) is 1.98. The monoisotopic (exact) mass is 216 g/mol. The van der Waals surface area contributed by atoms with Crippen molar-refractivity contribution in [3.63, 3.8) is 0 Å². The van der Waals surface area contributed by atoms with Crippen molar-refractivity contribution in [3.8, 4) is 5.75 Å². The summed E-state index contributed by atoms with van der Waals surface area (Å²) in [6, 6.07) is 11.5. The van der Waals surface area contributed by atoms with Crippen molar-refractivity contribution >= 4 is 16.7 Å². The summed E-state index contributed by atoms with van der Waals surface area (Å²) in [4.78, 5) is 10.5. The van der Waals surface area contributed by atoms with E-state index in [0.717, 1.165) is 16.3 Å². The molecule has 82 valence electrons. The lowest BCUT2D eigenvalue weighted by Gasteiger charge is -2.08. The number of rotatable bonds is 3. The second-order valence-electron chi connectivity index (χ2n) is 3.61. The molecule has 0 amide bonds.